The summed E-state index contributed by atoms with van der Waals surface area (Å²) in [4.78, 5) is 5.24. The van der Waals surface area contributed by atoms with Crippen molar-refractivity contribution < 1.29 is 18.1 Å². The summed E-state index contributed by atoms with van der Waals surface area (Å²) in [5.74, 6) is 0.532. The first kappa shape index (κ1) is 52.1. The highest BCUT2D eigenvalue weighted by Gasteiger charge is 2.28. The van der Waals surface area contributed by atoms with Crippen molar-refractivity contribution in [3.05, 3.63) is 30.3 Å². The lowest BCUT2D eigenvalue weighted by atomic mass is 10.1. The Labute approximate surface area is 343 Å². The number of para-hydroxylation sites is 1. The van der Waals surface area contributed by atoms with Gasteiger partial charge in [-0.1, -0.05) is 200 Å². The summed E-state index contributed by atoms with van der Waals surface area (Å²) in [7, 11) is -3.76. The molecule has 0 amide bonds. The number of rotatable bonds is 44. The summed E-state index contributed by atoms with van der Waals surface area (Å²) in [5.41, 5.74) is 0. The molecule has 0 radical (unpaired) electrons. The molecule has 7 heteroatoms. The number of phosphoric acid groups is 1. The van der Waals surface area contributed by atoms with Crippen LogP contribution in [0, 0.1) is 0 Å². The average molecular weight is 793 g/mol. The molecular weight excluding hydrogens is 700 g/mol. The Hall–Kier alpha value is -0.910. The number of nitrogens with zero attached hydrogens (tertiary/aromatic N) is 2. The zero-order valence-electron chi connectivity index (χ0n) is 37.2. The van der Waals surface area contributed by atoms with E-state index in [-0.39, 0.29) is 0 Å². The summed E-state index contributed by atoms with van der Waals surface area (Å²) in [6.45, 7) is 16.4. The highest BCUT2D eigenvalue weighted by atomic mass is 31.2. The lowest BCUT2D eigenvalue weighted by Crippen LogP contribution is -2.28. The second-order valence-corrected chi connectivity index (χ2v) is 18.0. The molecule has 0 bridgehead atoms. The van der Waals surface area contributed by atoms with Gasteiger partial charge in [0.15, 0.2) is 0 Å². The molecule has 0 aliphatic rings. The van der Waals surface area contributed by atoms with Crippen molar-refractivity contribution in [1.82, 2.24) is 9.80 Å². The smallest absolute Gasteiger partial charge is 0.404 e. The Balaban J connectivity index is 2.66. The molecule has 55 heavy (non-hydrogen) atoms. The first-order chi connectivity index (χ1) is 27.1. The van der Waals surface area contributed by atoms with Gasteiger partial charge in [-0.25, -0.2) is 4.57 Å². The fourth-order valence-electron chi connectivity index (χ4n) is 7.47. The predicted octanol–water partition coefficient (Wildman–Crippen LogP) is 15.6. The van der Waals surface area contributed by atoms with E-state index in [1.807, 2.05) is 30.3 Å². The highest BCUT2D eigenvalue weighted by molar-refractivity contribution is 7.48. The number of phosphoric ester groups is 1. The van der Waals surface area contributed by atoms with E-state index >= 15 is 0 Å². The van der Waals surface area contributed by atoms with Crippen LogP contribution >= 0.6 is 7.82 Å². The standard InChI is InChI=1S/C48H93N2O4P/c1-5-9-13-17-21-25-32-40-49(41-33-26-22-18-14-10-6-2)44-36-46-52-55(51,54-48-38-30-29-31-39-48)53-47-37-45-50(42-34-27-23-19-15-11-7-3)43-35-28-24-20-16-12-8-4/h29-31,38-39H,5-28,32-37,40-47H2,1-4H3. The Kier molecular flexibility index (Phi) is 37.8. The summed E-state index contributed by atoms with van der Waals surface area (Å²) >= 11 is 0. The van der Waals surface area contributed by atoms with Gasteiger partial charge in [0.1, 0.15) is 5.75 Å². The first-order valence-electron chi connectivity index (χ1n) is 24.1. The Morgan fingerprint density at radius 2 is 0.655 bits per heavy atom. The minimum atomic E-state index is -3.76. The van der Waals surface area contributed by atoms with Crippen LogP contribution in [0.15, 0.2) is 30.3 Å². The Morgan fingerprint density at radius 1 is 0.382 bits per heavy atom. The van der Waals surface area contributed by atoms with Crippen molar-refractivity contribution in [2.75, 3.05) is 52.5 Å². The van der Waals surface area contributed by atoms with Crippen molar-refractivity contribution >= 4 is 7.82 Å². The van der Waals surface area contributed by atoms with E-state index in [0.717, 1.165) is 52.1 Å². The molecule has 0 aliphatic carbocycles. The molecule has 0 atom stereocenters. The molecule has 1 aromatic rings. The van der Waals surface area contributed by atoms with Gasteiger partial charge in [0.25, 0.3) is 0 Å². The van der Waals surface area contributed by atoms with Gasteiger partial charge in [-0.15, -0.1) is 0 Å². The lowest BCUT2D eigenvalue weighted by molar-refractivity contribution is 0.139. The zero-order valence-corrected chi connectivity index (χ0v) is 38.1. The lowest BCUT2D eigenvalue weighted by Gasteiger charge is -2.24. The number of hydrogen-bond donors (Lipinski definition) is 0. The number of unbranched alkanes of at least 4 members (excludes halogenated alkanes) is 24. The minimum Gasteiger partial charge on any atom is -0.404 e. The van der Waals surface area contributed by atoms with Gasteiger partial charge >= 0.3 is 7.82 Å². The third-order valence-corrected chi connectivity index (χ3v) is 12.4. The van der Waals surface area contributed by atoms with Crippen LogP contribution in [0.2, 0.25) is 0 Å². The van der Waals surface area contributed by atoms with E-state index in [4.69, 9.17) is 13.6 Å². The average Bonchev–Trinajstić information content (AvgIpc) is 3.19. The number of hydrogen-bond acceptors (Lipinski definition) is 6. The van der Waals surface area contributed by atoms with E-state index in [2.05, 4.69) is 37.5 Å². The van der Waals surface area contributed by atoms with Crippen LogP contribution in [0.1, 0.15) is 220 Å². The summed E-state index contributed by atoms with van der Waals surface area (Å²) in [5, 5.41) is 0. The Morgan fingerprint density at radius 3 is 0.964 bits per heavy atom. The second-order valence-electron chi connectivity index (χ2n) is 16.4. The van der Waals surface area contributed by atoms with Gasteiger partial charge in [-0.05, 0) is 76.8 Å². The monoisotopic (exact) mass is 793 g/mol. The maximum absolute atomic E-state index is 14.1. The summed E-state index contributed by atoms with van der Waals surface area (Å²) < 4.78 is 32.2. The van der Waals surface area contributed by atoms with Crippen LogP contribution in [-0.4, -0.2) is 62.3 Å². The summed E-state index contributed by atoms with van der Waals surface area (Å²) in [6.07, 6.45) is 39.0. The van der Waals surface area contributed by atoms with Crippen LogP contribution in [0.5, 0.6) is 5.75 Å². The molecule has 0 heterocycles. The molecule has 0 spiro atoms. The maximum atomic E-state index is 14.1. The van der Waals surface area contributed by atoms with Gasteiger partial charge in [-0.2, -0.15) is 0 Å². The molecule has 0 saturated heterocycles. The topological polar surface area (TPSA) is 51.2 Å². The highest BCUT2D eigenvalue weighted by Crippen LogP contribution is 2.49. The minimum absolute atomic E-state index is 0.372. The van der Waals surface area contributed by atoms with Crippen molar-refractivity contribution in [2.45, 2.75) is 220 Å². The normalized spacial score (nSPS) is 12.0. The van der Waals surface area contributed by atoms with Crippen molar-refractivity contribution in [1.29, 1.82) is 0 Å². The molecule has 0 aliphatic heterocycles. The summed E-state index contributed by atoms with van der Waals surface area (Å²) in [6, 6.07) is 9.40. The fourth-order valence-corrected chi connectivity index (χ4v) is 8.74. The quantitative estimate of drug-likeness (QED) is 0.0485. The zero-order chi connectivity index (χ0) is 39.8. The van der Waals surface area contributed by atoms with Gasteiger partial charge < -0.3 is 14.3 Å². The third kappa shape index (κ3) is 33.7. The molecule has 6 nitrogen and oxygen atoms in total. The molecule has 1 aromatic carbocycles. The van der Waals surface area contributed by atoms with E-state index in [9.17, 15) is 4.57 Å². The fraction of sp³-hybridized carbons (Fsp3) is 0.875. The predicted molar refractivity (Wildman–Crippen MR) is 241 cm³/mol. The van der Waals surface area contributed by atoms with Gasteiger partial charge in [-0.3, -0.25) is 9.05 Å². The maximum Gasteiger partial charge on any atom is 0.530 e. The van der Waals surface area contributed by atoms with E-state index in [1.165, 1.54) is 180 Å². The first-order valence-corrected chi connectivity index (χ1v) is 25.6. The van der Waals surface area contributed by atoms with Crippen molar-refractivity contribution in [3.63, 3.8) is 0 Å². The van der Waals surface area contributed by atoms with Crippen LogP contribution in [0.3, 0.4) is 0 Å². The molecule has 1 rings (SSSR count). The molecule has 0 unspecified atom stereocenters. The van der Waals surface area contributed by atoms with Crippen molar-refractivity contribution in [2.24, 2.45) is 0 Å². The SMILES string of the molecule is CCCCCCCCCN(CCCCCCCCC)CCCOP(=O)(OCCCN(CCCCCCCCC)CCCCCCCCC)Oc1ccccc1. The third-order valence-electron chi connectivity index (χ3n) is 11.0. The van der Waals surface area contributed by atoms with E-state index in [0.29, 0.717) is 19.0 Å². The van der Waals surface area contributed by atoms with Crippen LogP contribution in [0.4, 0.5) is 0 Å². The van der Waals surface area contributed by atoms with Gasteiger partial charge in [0.05, 0.1) is 13.2 Å². The molecular formula is C48H93N2O4P. The molecule has 0 N–H and O–H groups in total. The molecule has 0 aromatic heterocycles. The largest absolute Gasteiger partial charge is 0.530 e. The van der Waals surface area contributed by atoms with Gasteiger partial charge in [0, 0.05) is 13.1 Å². The molecule has 0 fully saturated rings. The van der Waals surface area contributed by atoms with E-state index in [1.54, 1.807) is 0 Å². The van der Waals surface area contributed by atoms with Crippen molar-refractivity contribution in [3.8, 4) is 5.75 Å². The van der Waals surface area contributed by atoms with Crippen LogP contribution in [0.25, 0.3) is 0 Å². The molecule has 0 saturated carbocycles. The van der Waals surface area contributed by atoms with Crippen LogP contribution in [-0.2, 0) is 13.6 Å². The molecule has 324 valence electrons. The van der Waals surface area contributed by atoms with Crippen LogP contribution < -0.4 is 4.52 Å². The number of benzene rings is 1. The Bertz CT molecular complexity index is 863. The second kappa shape index (κ2) is 39.9. The van der Waals surface area contributed by atoms with E-state index < -0.39 is 7.82 Å². The van der Waals surface area contributed by atoms with Gasteiger partial charge in [0.2, 0.25) is 0 Å².